The van der Waals surface area contributed by atoms with Crippen LogP contribution >= 0.6 is 0 Å². The molecule has 2 N–H and O–H groups in total. The number of rotatable bonds is 3. The molecule has 0 saturated heterocycles. The Morgan fingerprint density at radius 3 is 2.48 bits per heavy atom. The van der Waals surface area contributed by atoms with Crippen molar-refractivity contribution in [3.05, 3.63) is 51.2 Å². The van der Waals surface area contributed by atoms with Gasteiger partial charge in [0, 0.05) is 6.54 Å². The van der Waals surface area contributed by atoms with Crippen molar-refractivity contribution < 1.29 is 5.11 Å². The number of H-pyrrole nitrogens is 1. The first-order chi connectivity index (χ1) is 10.2. The van der Waals surface area contributed by atoms with E-state index in [9.17, 15) is 14.7 Å². The van der Waals surface area contributed by atoms with Crippen molar-refractivity contribution in [2.24, 2.45) is 5.92 Å². The molecule has 5 heteroatoms. The number of nitrogens with zero attached hydrogens (tertiary/aromatic N) is 1. The second-order valence-corrected chi connectivity index (χ2v) is 5.58. The number of aromatic amines is 1. The number of hydrogen-bond donors (Lipinski definition) is 2. The quantitative estimate of drug-likeness (QED) is 0.907. The van der Waals surface area contributed by atoms with Gasteiger partial charge in [0.05, 0.1) is 0 Å². The van der Waals surface area contributed by atoms with Crippen LogP contribution in [0.2, 0.25) is 0 Å². The maximum atomic E-state index is 12.0. The maximum Gasteiger partial charge on any atom is 0.331 e. The molecule has 1 saturated carbocycles. The molecule has 0 bridgehead atoms. The van der Waals surface area contributed by atoms with E-state index in [-0.39, 0.29) is 11.4 Å². The van der Waals surface area contributed by atoms with Gasteiger partial charge >= 0.3 is 5.69 Å². The molecule has 1 heterocycles. The molecule has 110 valence electrons. The molecule has 2 aromatic rings. The SMILES string of the molecule is O=c1[nH]c(=O)n(CC2CCCC2)c(O)c1-c1ccccc1. The third kappa shape index (κ3) is 2.63. The van der Waals surface area contributed by atoms with Crippen LogP contribution in [0.1, 0.15) is 25.7 Å². The summed E-state index contributed by atoms with van der Waals surface area (Å²) in [5.41, 5.74) is -0.319. The Hall–Kier alpha value is -2.30. The van der Waals surface area contributed by atoms with Gasteiger partial charge in [-0.1, -0.05) is 43.2 Å². The van der Waals surface area contributed by atoms with Crippen molar-refractivity contribution in [1.29, 1.82) is 0 Å². The Bertz CT molecular complexity index is 740. The van der Waals surface area contributed by atoms with Crippen LogP contribution in [0.15, 0.2) is 39.9 Å². The first-order valence-electron chi connectivity index (χ1n) is 7.28. The highest BCUT2D eigenvalue weighted by Crippen LogP contribution is 2.29. The Morgan fingerprint density at radius 1 is 1.14 bits per heavy atom. The summed E-state index contributed by atoms with van der Waals surface area (Å²) in [4.78, 5) is 26.3. The van der Waals surface area contributed by atoms with E-state index in [4.69, 9.17) is 0 Å². The zero-order chi connectivity index (χ0) is 14.8. The summed E-state index contributed by atoms with van der Waals surface area (Å²) in [6.45, 7) is 0.460. The van der Waals surface area contributed by atoms with Crippen LogP contribution in [0.3, 0.4) is 0 Å². The van der Waals surface area contributed by atoms with Gasteiger partial charge in [0.2, 0.25) is 5.88 Å². The molecule has 0 atom stereocenters. The van der Waals surface area contributed by atoms with Crippen LogP contribution < -0.4 is 11.2 Å². The Morgan fingerprint density at radius 2 is 1.81 bits per heavy atom. The third-order valence-corrected chi connectivity index (χ3v) is 4.15. The molecule has 0 spiro atoms. The van der Waals surface area contributed by atoms with E-state index in [1.165, 1.54) is 4.57 Å². The number of aromatic nitrogens is 2. The van der Waals surface area contributed by atoms with E-state index in [2.05, 4.69) is 4.98 Å². The van der Waals surface area contributed by atoms with Gasteiger partial charge in [0.25, 0.3) is 5.56 Å². The van der Waals surface area contributed by atoms with Crippen molar-refractivity contribution in [1.82, 2.24) is 9.55 Å². The minimum absolute atomic E-state index is 0.160. The Kier molecular flexibility index (Phi) is 3.64. The van der Waals surface area contributed by atoms with Crippen LogP contribution in [0.4, 0.5) is 0 Å². The van der Waals surface area contributed by atoms with E-state index < -0.39 is 11.2 Å². The van der Waals surface area contributed by atoms with Gasteiger partial charge < -0.3 is 5.11 Å². The second kappa shape index (κ2) is 5.60. The van der Waals surface area contributed by atoms with E-state index in [1.807, 2.05) is 6.07 Å². The Balaban J connectivity index is 2.09. The van der Waals surface area contributed by atoms with Gasteiger partial charge in [0.15, 0.2) is 0 Å². The number of aromatic hydroxyl groups is 1. The summed E-state index contributed by atoms with van der Waals surface area (Å²) < 4.78 is 1.29. The second-order valence-electron chi connectivity index (χ2n) is 5.58. The predicted octanol–water partition coefficient (Wildman–Crippen LogP) is 2.10. The van der Waals surface area contributed by atoms with Gasteiger partial charge in [0.1, 0.15) is 5.56 Å². The van der Waals surface area contributed by atoms with Crippen molar-refractivity contribution >= 4 is 0 Å². The molecule has 1 aliphatic rings. The van der Waals surface area contributed by atoms with Crippen molar-refractivity contribution in [3.63, 3.8) is 0 Å². The first kappa shape index (κ1) is 13.7. The molecule has 0 unspecified atom stereocenters. The van der Waals surface area contributed by atoms with E-state index >= 15 is 0 Å². The lowest BCUT2D eigenvalue weighted by Gasteiger charge is -2.15. The van der Waals surface area contributed by atoms with E-state index in [0.717, 1.165) is 25.7 Å². The minimum atomic E-state index is -0.550. The minimum Gasteiger partial charge on any atom is -0.494 e. The number of hydrogen-bond acceptors (Lipinski definition) is 3. The van der Waals surface area contributed by atoms with Crippen LogP contribution in [-0.4, -0.2) is 14.7 Å². The monoisotopic (exact) mass is 286 g/mol. The molecule has 1 aromatic heterocycles. The largest absolute Gasteiger partial charge is 0.494 e. The van der Waals surface area contributed by atoms with Gasteiger partial charge in [-0.05, 0) is 24.3 Å². The normalized spacial score (nSPS) is 15.4. The molecule has 0 radical (unpaired) electrons. The zero-order valence-corrected chi connectivity index (χ0v) is 11.7. The maximum absolute atomic E-state index is 12.0. The summed E-state index contributed by atoms with van der Waals surface area (Å²) in [6.07, 6.45) is 4.45. The van der Waals surface area contributed by atoms with Crippen LogP contribution in [0, 0.1) is 5.92 Å². The summed E-state index contributed by atoms with van der Waals surface area (Å²) in [6, 6.07) is 8.91. The first-order valence-corrected chi connectivity index (χ1v) is 7.28. The molecule has 1 fully saturated rings. The lowest BCUT2D eigenvalue weighted by atomic mass is 10.1. The molecule has 3 rings (SSSR count). The van der Waals surface area contributed by atoms with Gasteiger partial charge in [-0.2, -0.15) is 0 Å². The molecule has 1 aliphatic carbocycles. The molecule has 21 heavy (non-hydrogen) atoms. The van der Waals surface area contributed by atoms with E-state index in [0.29, 0.717) is 18.0 Å². The lowest BCUT2D eigenvalue weighted by Crippen LogP contribution is -2.32. The fourth-order valence-electron chi connectivity index (χ4n) is 3.05. The topological polar surface area (TPSA) is 75.1 Å². The molecular formula is C16H18N2O3. The average Bonchev–Trinajstić information content (AvgIpc) is 2.97. The average molecular weight is 286 g/mol. The third-order valence-electron chi connectivity index (χ3n) is 4.15. The van der Waals surface area contributed by atoms with Crippen LogP contribution in [0.25, 0.3) is 11.1 Å². The summed E-state index contributed by atoms with van der Waals surface area (Å²) in [7, 11) is 0. The van der Waals surface area contributed by atoms with Crippen molar-refractivity contribution in [2.45, 2.75) is 32.2 Å². The fraction of sp³-hybridized carbons (Fsp3) is 0.375. The summed E-state index contributed by atoms with van der Waals surface area (Å²) >= 11 is 0. The van der Waals surface area contributed by atoms with Gasteiger partial charge in [-0.15, -0.1) is 0 Å². The zero-order valence-electron chi connectivity index (χ0n) is 11.7. The number of nitrogens with one attached hydrogen (secondary N) is 1. The standard InChI is InChI=1S/C16H18N2O3/c19-14-13(12-8-2-1-3-9-12)15(20)18(16(21)17-14)10-11-6-4-5-7-11/h1-3,8-9,11,20H,4-7,10H2,(H,17,19,21). The molecular weight excluding hydrogens is 268 g/mol. The molecule has 0 aliphatic heterocycles. The van der Waals surface area contributed by atoms with Crippen LogP contribution in [-0.2, 0) is 6.54 Å². The smallest absolute Gasteiger partial charge is 0.331 e. The Labute approximate surface area is 121 Å². The van der Waals surface area contributed by atoms with Gasteiger partial charge in [-0.25, -0.2) is 4.79 Å². The number of benzene rings is 1. The summed E-state index contributed by atoms with van der Waals surface area (Å²) in [5.74, 6) is 0.157. The molecule has 1 aromatic carbocycles. The molecule has 5 nitrogen and oxygen atoms in total. The van der Waals surface area contributed by atoms with Crippen LogP contribution in [0.5, 0.6) is 5.88 Å². The van der Waals surface area contributed by atoms with E-state index in [1.54, 1.807) is 24.3 Å². The highest BCUT2D eigenvalue weighted by atomic mass is 16.3. The van der Waals surface area contributed by atoms with Gasteiger partial charge in [-0.3, -0.25) is 14.3 Å². The molecule has 0 amide bonds. The van der Waals surface area contributed by atoms with Crippen molar-refractivity contribution in [3.8, 4) is 17.0 Å². The predicted molar refractivity (Wildman–Crippen MR) is 80.4 cm³/mol. The highest BCUT2D eigenvalue weighted by Gasteiger charge is 2.21. The fourth-order valence-corrected chi connectivity index (χ4v) is 3.05. The summed E-state index contributed by atoms with van der Waals surface area (Å²) in [5, 5.41) is 10.4. The lowest BCUT2D eigenvalue weighted by molar-refractivity contribution is 0.362. The highest BCUT2D eigenvalue weighted by molar-refractivity contribution is 5.67. The van der Waals surface area contributed by atoms with Crippen molar-refractivity contribution in [2.75, 3.05) is 0 Å².